The molecule has 1 aromatic heterocycles. The Morgan fingerprint density at radius 1 is 1.22 bits per heavy atom. The van der Waals surface area contributed by atoms with Crippen LogP contribution in [0.15, 0.2) is 22.6 Å². The van der Waals surface area contributed by atoms with Gasteiger partial charge in [0.15, 0.2) is 0 Å². The first-order valence-corrected chi connectivity index (χ1v) is 6.46. The fourth-order valence-electron chi connectivity index (χ4n) is 2.03. The Balaban J connectivity index is 2.19. The van der Waals surface area contributed by atoms with Gasteiger partial charge < -0.3 is 14.8 Å². The largest absolute Gasteiger partial charge is 0.459 e. The summed E-state index contributed by atoms with van der Waals surface area (Å²) in [6, 6.07) is 6.52. The third-order valence-corrected chi connectivity index (χ3v) is 3.36. The number of furan rings is 1. The first-order chi connectivity index (χ1) is 8.61. The lowest BCUT2D eigenvalue weighted by Crippen LogP contribution is -2.20. The standard InChI is InChI=1S/C15H21NO2/c1-10-7-13-9-14(12(3)16-5-4-6-17)18-15(13)8-11(10)2/h7-9,12,16-17H,4-6H2,1-3H3. The van der Waals surface area contributed by atoms with Gasteiger partial charge in [0.2, 0.25) is 0 Å². The number of aryl methyl sites for hydroxylation is 2. The molecular weight excluding hydrogens is 226 g/mol. The summed E-state index contributed by atoms with van der Waals surface area (Å²) in [6.45, 7) is 7.31. The van der Waals surface area contributed by atoms with Crippen LogP contribution in [0, 0.1) is 13.8 Å². The first-order valence-electron chi connectivity index (χ1n) is 6.46. The van der Waals surface area contributed by atoms with Crippen molar-refractivity contribution in [1.82, 2.24) is 5.32 Å². The third-order valence-electron chi connectivity index (χ3n) is 3.36. The van der Waals surface area contributed by atoms with Crippen LogP contribution in [0.5, 0.6) is 0 Å². The minimum absolute atomic E-state index is 0.171. The number of benzene rings is 1. The fraction of sp³-hybridized carbons (Fsp3) is 0.467. The van der Waals surface area contributed by atoms with E-state index in [-0.39, 0.29) is 12.6 Å². The second-order valence-electron chi connectivity index (χ2n) is 4.88. The van der Waals surface area contributed by atoms with Crippen LogP contribution >= 0.6 is 0 Å². The van der Waals surface area contributed by atoms with Gasteiger partial charge in [0, 0.05) is 12.0 Å². The maximum absolute atomic E-state index is 8.76. The maximum Gasteiger partial charge on any atom is 0.134 e. The molecule has 18 heavy (non-hydrogen) atoms. The lowest BCUT2D eigenvalue weighted by molar-refractivity contribution is 0.282. The molecule has 1 heterocycles. The van der Waals surface area contributed by atoms with E-state index >= 15 is 0 Å². The number of hydrogen-bond acceptors (Lipinski definition) is 3. The predicted molar refractivity (Wildman–Crippen MR) is 73.8 cm³/mol. The summed E-state index contributed by atoms with van der Waals surface area (Å²) in [7, 11) is 0. The van der Waals surface area contributed by atoms with Gasteiger partial charge in [-0.15, -0.1) is 0 Å². The molecule has 2 N–H and O–H groups in total. The summed E-state index contributed by atoms with van der Waals surface area (Å²) in [4.78, 5) is 0. The molecule has 2 aromatic rings. The summed E-state index contributed by atoms with van der Waals surface area (Å²) < 4.78 is 5.87. The zero-order chi connectivity index (χ0) is 13.1. The minimum Gasteiger partial charge on any atom is -0.459 e. The van der Waals surface area contributed by atoms with Gasteiger partial charge in [-0.3, -0.25) is 0 Å². The molecule has 0 saturated carbocycles. The smallest absolute Gasteiger partial charge is 0.134 e. The van der Waals surface area contributed by atoms with E-state index in [4.69, 9.17) is 9.52 Å². The molecule has 2 rings (SSSR count). The van der Waals surface area contributed by atoms with Crippen molar-refractivity contribution >= 4 is 11.0 Å². The molecule has 0 spiro atoms. The Labute approximate surface area is 108 Å². The lowest BCUT2D eigenvalue weighted by Gasteiger charge is -2.09. The highest BCUT2D eigenvalue weighted by molar-refractivity contribution is 5.79. The molecule has 0 aliphatic carbocycles. The molecule has 98 valence electrons. The van der Waals surface area contributed by atoms with E-state index < -0.39 is 0 Å². The molecule has 0 saturated heterocycles. The van der Waals surface area contributed by atoms with Crippen molar-refractivity contribution < 1.29 is 9.52 Å². The van der Waals surface area contributed by atoms with E-state index in [1.165, 1.54) is 11.1 Å². The number of fused-ring (bicyclic) bond motifs is 1. The number of hydrogen-bond donors (Lipinski definition) is 2. The molecular formula is C15H21NO2. The van der Waals surface area contributed by atoms with E-state index in [0.29, 0.717) is 0 Å². The maximum atomic E-state index is 8.76. The minimum atomic E-state index is 0.171. The van der Waals surface area contributed by atoms with Crippen LogP contribution in [0.1, 0.15) is 36.3 Å². The van der Waals surface area contributed by atoms with Crippen LogP contribution in [0.2, 0.25) is 0 Å². The Kier molecular flexibility index (Phi) is 4.04. The van der Waals surface area contributed by atoms with Gasteiger partial charge in [0.1, 0.15) is 11.3 Å². The Hall–Kier alpha value is -1.32. The zero-order valence-electron chi connectivity index (χ0n) is 11.3. The third kappa shape index (κ3) is 2.74. The van der Waals surface area contributed by atoms with Gasteiger partial charge in [-0.05, 0) is 63.1 Å². The first kappa shape index (κ1) is 13.1. The van der Waals surface area contributed by atoms with Crippen molar-refractivity contribution in [1.29, 1.82) is 0 Å². The Bertz CT molecular complexity index is 492. The van der Waals surface area contributed by atoms with Crippen LogP contribution in [0.25, 0.3) is 11.0 Å². The van der Waals surface area contributed by atoms with E-state index in [9.17, 15) is 0 Å². The summed E-state index contributed by atoms with van der Waals surface area (Å²) >= 11 is 0. The van der Waals surface area contributed by atoms with E-state index in [1.54, 1.807) is 0 Å². The van der Waals surface area contributed by atoms with Crippen molar-refractivity contribution in [2.45, 2.75) is 33.2 Å². The van der Waals surface area contributed by atoms with Gasteiger partial charge in [-0.1, -0.05) is 0 Å². The summed E-state index contributed by atoms with van der Waals surface area (Å²) in [5.41, 5.74) is 3.49. The molecule has 1 unspecified atom stereocenters. The van der Waals surface area contributed by atoms with Crippen molar-refractivity contribution in [3.63, 3.8) is 0 Å². The van der Waals surface area contributed by atoms with E-state index in [1.807, 2.05) is 0 Å². The van der Waals surface area contributed by atoms with Gasteiger partial charge >= 0.3 is 0 Å². The van der Waals surface area contributed by atoms with Gasteiger partial charge in [-0.2, -0.15) is 0 Å². The molecule has 3 heteroatoms. The van der Waals surface area contributed by atoms with Gasteiger partial charge in [0.25, 0.3) is 0 Å². The monoisotopic (exact) mass is 247 g/mol. The highest BCUT2D eigenvalue weighted by Crippen LogP contribution is 2.26. The Morgan fingerprint density at radius 2 is 1.94 bits per heavy atom. The molecule has 3 nitrogen and oxygen atoms in total. The highest BCUT2D eigenvalue weighted by atomic mass is 16.3. The van der Waals surface area contributed by atoms with E-state index in [2.05, 4.69) is 44.3 Å². The molecule has 0 aliphatic rings. The van der Waals surface area contributed by atoms with Crippen LogP contribution < -0.4 is 5.32 Å². The topological polar surface area (TPSA) is 45.4 Å². The number of nitrogens with one attached hydrogen (secondary N) is 1. The second kappa shape index (κ2) is 5.55. The fourth-order valence-corrected chi connectivity index (χ4v) is 2.03. The predicted octanol–water partition coefficient (Wildman–Crippen LogP) is 3.08. The zero-order valence-corrected chi connectivity index (χ0v) is 11.3. The summed E-state index contributed by atoms with van der Waals surface area (Å²) in [5, 5.41) is 13.3. The molecule has 0 fully saturated rings. The van der Waals surface area contributed by atoms with Crippen molar-refractivity contribution in [3.8, 4) is 0 Å². The van der Waals surface area contributed by atoms with Gasteiger partial charge in [-0.25, -0.2) is 0 Å². The molecule has 0 amide bonds. The average molecular weight is 247 g/mol. The van der Waals surface area contributed by atoms with Crippen molar-refractivity contribution in [2.24, 2.45) is 0 Å². The molecule has 1 aromatic carbocycles. The van der Waals surface area contributed by atoms with E-state index in [0.717, 1.165) is 29.7 Å². The molecule has 0 aliphatic heterocycles. The normalized spacial score (nSPS) is 13.1. The number of aliphatic hydroxyl groups excluding tert-OH is 1. The molecule has 0 bridgehead atoms. The number of rotatable bonds is 5. The van der Waals surface area contributed by atoms with Crippen LogP contribution in [0.4, 0.5) is 0 Å². The Morgan fingerprint density at radius 3 is 2.67 bits per heavy atom. The SMILES string of the molecule is Cc1cc2cc(C(C)NCCCO)oc2cc1C. The summed E-state index contributed by atoms with van der Waals surface area (Å²) in [5.74, 6) is 0.952. The molecule has 1 atom stereocenters. The van der Waals surface area contributed by atoms with Crippen molar-refractivity contribution in [3.05, 3.63) is 35.1 Å². The van der Waals surface area contributed by atoms with Crippen LogP contribution in [0.3, 0.4) is 0 Å². The van der Waals surface area contributed by atoms with Gasteiger partial charge in [0.05, 0.1) is 6.04 Å². The average Bonchev–Trinajstić information content (AvgIpc) is 2.73. The second-order valence-corrected chi connectivity index (χ2v) is 4.88. The summed E-state index contributed by atoms with van der Waals surface area (Å²) in [6.07, 6.45) is 0.767. The number of aliphatic hydroxyl groups is 1. The van der Waals surface area contributed by atoms with Crippen molar-refractivity contribution in [2.75, 3.05) is 13.2 Å². The highest BCUT2D eigenvalue weighted by Gasteiger charge is 2.11. The lowest BCUT2D eigenvalue weighted by atomic mass is 10.1. The quantitative estimate of drug-likeness (QED) is 0.798. The van der Waals surface area contributed by atoms with Crippen LogP contribution in [-0.4, -0.2) is 18.3 Å². The molecule has 0 radical (unpaired) electrons. The van der Waals surface area contributed by atoms with Crippen LogP contribution in [-0.2, 0) is 0 Å².